The summed E-state index contributed by atoms with van der Waals surface area (Å²) in [6, 6.07) is 1.80. The Balaban J connectivity index is 1.87. The molecule has 2 bridgehead atoms. The number of methoxy groups -OCH3 is 1. The van der Waals surface area contributed by atoms with Crippen molar-refractivity contribution in [2.24, 2.45) is 0 Å². The van der Waals surface area contributed by atoms with E-state index in [0.29, 0.717) is 0 Å². The van der Waals surface area contributed by atoms with Gasteiger partial charge in [0, 0.05) is 25.7 Å². The highest BCUT2D eigenvalue weighted by atomic mass is 16.5. The molecule has 2 nitrogen and oxygen atoms in total. The first kappa shape index (κ1) is 8.52. The molecule has 2 atom stereocenters. The molecule has 0 aromatic carbocycles. The van der Waals surface area contributed by atoms with Crippen LogP contribution in [0.25, 0.3) is 0 Å². The zero-order valence-corrected chi connectivity index (χ0v) is 7.96. The summed E-state index contributed by atoms with van der Waals surface area (Å²) in [5.74, 6) is 0. The molecule has 2 rings (SSSR count). The van der Waals surface area contributed by atoms with E-state index >= 15 is 0 Å². The largest absolute Gasteiger partial charge is 0.383 e. The molecule has 70 valence electrons. The molecule has 0 aromatic rings. The van der Waals surface area contributed by atoms with Crippen molar-refractivity contribution in [3.8, 4) is 0 Å². The number of piperidine rings is 1. The van der Waals surface area contributed by atoms with Crippen LogP contribution in [0.3, 0.4) is 0 Å². The van der Waals surface area contributed by atoms with Gasteiger partial charge in [0.2, 0.25) is 0 Å². The third-order valence-corrected chi connectivity index (χ3v) is 3.40. The van der Waals surface area contributed by atoms with Crippen molar-refractivity contribution in [1.82, 2.24) is 4.90 Å². The number of rotatable bonds is 3. The average Bonchev–Trinajstić information content (AvgIpc) is 2.36. The number of fused-ring (bicyclic) bond motifs is 2. The van der Waals surface area contributed by atoms with Gasteiger partial charge in [0.1, 0.15) is 0 Å². The lowest BCUT2D eigenvalue weighted by molar-refractivity contribution is 0.0908. The molecule has 0 radical (unpaired) electrons. The molecular formula is C10H19NO. The lowest BCUT2D eigenvalue weighted by Gasteiger charge is -2.34. The van der Waals surface area contributed by atoms with Crippen molar-refractivity contribution in [2.75, 3.05) is 20.3 Å². The van der Waals surface area contributed by atoms with E-state index in [-0.39, 0.29) is 0 Å². The van der Waals surface area contributed by atoms with Crippen LogP contribution in [0.4, 0.5) is 0 Å². The van der Waals surface area contributed by atoms with Crippen LogP contribution in [-0.2, 0) is 4.74 Å². The zero-order valence-electron chi connectivity index (χ0n) is 7.96. The quantitative estimate of drug-likeness (QED) is 0.637. The first-order valence-corrected chi connectivity index (χ1v) is 5.16. The van der Waals surface area contributed by atoms with Crippen molar-refractivity contribution in [2.45, 2.75) is 44.2 Å². The lowest BCUT2D eigenvalue weighted by atomic mass is 10.0. The van der Waals surface area contributed by atoms with Gasteiger partial charge in [-0.05, 0) is 25.7 Å². The Kier molecular flexibility index (Phi) is 2.66. The summed E-state index contributed by atoms with van der Waals surface area (Å²) in [4.78, 5) is 2.67. The maximum absolute atomic E-state index is 5.13. The van der Waals surface area contributed by atoms with Gasteiger partial charge in [-0.2, -0.15) is 0 Å². The molecule has 2 aliphatic rings. The van der Waals surface area contributed by atoms with Crippen LogP contribution in [-0.4, -0.2) is 37.2 Å². The third-order valence-electron chi connectivity index (χ3n) is 3.40. The fraction of sp³-hybridized carbons (Fsp3) is 1.00. The molecule has 0 spiro atoms. The average molecular weight is 169 g/mol. The summed E-state index contributed by atoms with van der Waals surface area (Å²) in [6.07, 6.45) is 7.20. The van der Waals surface area contributed by atoms with Gasteiger partial charge in [-0.15, -0.1) is 0 Å². The number of hydrogen-bond donors (Lipinski definition) is 0. The van der Waals surface area contributed by atoms with Crippen LogP contribution in [0.2, 0.25) is 0 Å². The summed E-state index contributed by atoms with van der Waals surface area (Å²) in [5.41, 5.74) is 0. The molecule has 12 heavy (non-hydrogen) atoms. The summed E-state index contributed by atoms with van der Waals surface area (Å²) in [6.45, 7) is 2.07. The molecule has 2 unspecified atom stereocenters. The van der Waals surface area contributed by atoms with E-state index in [1.165, 1.54) is 32.1 Å². The summed E-state index contributed by atoms with van der Waals surface area (Å²) in [5, 5.41) is 0. The molecule has 0 amide bonds. The second-order valence-corrected chi connectivity index (χ2v) is 4.05. The highest BCUT2D eigenvalue weighted by Crippen LogP contribution is 2.34. The van der Waals surface area contributed by atoms with E-state index in [1.54, 1.807) is 7.11 Å². The molecule has 0 N–H and O–H groups in total. The highest BCUT2D eigenvalue weighted by molar-refractivity contribution is 4.91. The molecule has 2 saturated heterocycles. The van der Waals surface area contributed by atoms with Gasteiger partial charge in [-0.1, -0.05) is 6.42 Å². The molecule has 2 heterocycles. The van der Waals surface area contributed by atoms with Crippen molar-refractivity contribution in [3.63, 3.8) is 0 Å². The Morgan fingerprint density at radius 3 is 2.42 bits per heavy atom. The van der Waals surface area contributed by atoms with Gasteiger partial charge in [0.05, 0.1) is 6.61 Å². The maximum Gasteiger partial charge on any atom is 0.0589 e. The summed E-state index contributed by atoms with van der Waals surface area (Å²) in [7, 11) is 1.80. The van der Waals surface area contributed by atoms with Crippen molar-refractivity contribution >= 4 is 0 Å². The fourth-order valence-electron chi connectivity index (χ4n) is 2.79. The maximum atomic E-state index is 5.13. The SMILES string of the molecule is COCCN1C2CCCC1CC2. The second-order valence-electron chi connectivity index (χ2n) is 4.05. The van der Waals surface area contributed by atoms with Crippen LogP contribution in [0, 0.1) is 0 Å². The van der Waals surface area contributed by atoms with E-state index in [0.717, 1.165) is 25.2 Å². The Morgan fingerprint density at radius 2 is 1.83 bits per heavy atom. The van der Waals surface area contributed by atoms with Crippen molar-refractivity contribution in [3.05, 3.63) is 0 Å². The van der Waals surface area contributed by atoms with Crippen molar-refractivity contribution in [1.29, 1.82) is 0 Å². The van der Waals surface area contributed by atoms with E-state index < -0.39 is 0 Å². The standard InChI is InChI=1S/C10H19NO/c1-12-8-7-11-9-3-2-4-10(11)6-5-9/h9-10H,2-8H2,1H3. The summed E-state index contributed by atoms with van der Waals surface area (Å²) < 4.78 is 5.13. The predicted molar refractivity (Wildman–Crippen MR) is 49.2 cm³/mol. The van der Waals surface area contributed by atoms with E-state index in [1.807, 2.05) is 0 Å². The number of hydrogen-bond acceptors (Lipinski definition) is 2. The predicted octanol–water partition coefficient (Wildman–Crippen LogP) is 1.65. The molecule has 0 aromatic heterocycles. The Bertz CT molecular complexity index is 133. The van der Waals surface area contributed by atoms with Gasteiger partial charge in [0.15, 0.2) is 0 Å². The second kappa shape index (κ2) is 3.75. The Hall–Kier alpha value is -0.0800. The molecule has 0 aliphatic carbocycles. The Morgan fingerprint density at radius 1 is 1.17 bits per heavy atom. The zero-order chi connectivity index (χ0) is 8.39. The van der Waals surface area contributed by atoms with E-state index in [2.05, 4.69) is 4.90 Å². The first-order valence-electron chi connectivity index (χ1n) is 5.16. The summed E-state index contributed by atoms with van der Waals surface area (Å²) >= 11 is 0. The third kappa shape index (κ3) is 1.50. The van der Waals surface area contributed by atoms with Crippen molar-refractivity contribution < 1.29 is 4.74 Å². The first-order chi connectivity index (χ1) is 5.92. The van der Waals surface area contributed by atoms with Crippen LogP contribution in [0.5, 0.6) is 0 Å². The smallest absolute Gasteiger partial charge is 0.0589 e. The normalized spacial score (nSPS) is 35.8. The van der Waals surface area contributed by atoms with Crippen LogP contribution in [0.1, 0.15) is 32.1 Å². The monoisotopic (exact) mass is 169 g/mol. The van der Waals surface area contributed by atoms with E-state index in [9.17, 15) is 0 Å². The fourth-order valence-corrected chi connectivity index (χ4v) is 2.79. The van der Waals surface area contributed by atoms with Gasteiger partial charge in [0.25, 0.3) is 0 Å². The van der Waals surface area contributed by atoms with Gasteiger partial charge in [-0.25, -0.2) is 0 Å². The molecule has 2 fully saturated rings. The van der Waals surface area contributed by atoms with Crippen LogP contribution in [0.15, 0.2) is 0 Å². The van der Waals surface area contributed by atoms with Crippen LogP contribution >= 0.6 is 0 Å². The minimum Gasteiger partial charge on any atom is -0.383 e. The molecule has 2 aliphatic heterocycles. The minimum atomic E-state index is 0.902. The number of nitrogens with zero attached hydrogens (tertiary/aromatic N) is 1. The highest BCUT2D eigenvalue weighted by Gasteiger charge is 2.35. The molecule has 2 heteroatoms. The minimum absolute atomic E-state index is 0.902. The van der Waals surface area contributed by atoms with Gasteiger partial charge in [-0.3, -0.25) is 4.90 Å². The lowest BCUT2D eigenvalue weighted by Crippen LogP contribution is -2.41. The van der Waals surface area contributed by atoms with E-state index in [4.69, 9.17) is 4.74 Å². The van der Waals surface area contributed by atoms with Crippen LogP contribution < -0.4 is 0 Å². The number of ether oxygens (including phenoxy) is 1. The Labute approximate surface area is 74.9 Å². The molecule has 0 saturated carbocycles. The van der Waals surface area contributed by atoms with Gasteiger partial charge >= 0.3 is 0 Å². The topological polar surface area (TPSA) is 12.5 Å². The molecular weight excluding hydrogens is 150 g/mol. The van der Waals surface area contributed by atoms with Gasteiger partial charge < -0.3 is 4.74 Å².